The van der Waals surface area contributed by atoms with E-state index in [1.54, 1.807) is 35.5 Å². The average molecular weight is 479 g/mol. The molecule has 7 nitrogen and oxygen atoms in total. The molecule has 2 aromatic heterocycles. The summed E-state index contributed by atoms with van der Waals surface area (Å²) >= 11 is 0. The van der Waals surface area contributed by atoms with Crippen LogP contribution in [0.15, 0.2) is 60.9 Å². The molecule has 0 spiro atoms. The second-order valence-corrected chi connectivity index (χ2v) is 9.23. The van der Waals surface area contributed by atoms with Gasteiger partial charge < -0.3 is 14.7 Å². The van der Waals surface area contributed by atoms with E-state index < -0.39 is 0 Å². The van der Waals surface area contributed by atoms with Crippen LogP contribution in [0.3, 0.4) is 0 Å². The predicted molar refractivity (Wildman–Crippen MR) is 131 cm³/mol. The van der Waals surface area contributed by atoms with Gasteiger partial charge in [0.05, 0.1) is 18.3 Å². The van der Waals surface area contributed by atoms with Gasteiger partial charge in [0.2, 0.25) is 5.88 Å². The molecule has 184 valence electrons. The topological polar surface area (TPSA) is 78.8 Å². The van der Waals surface area contributed by atoms with E-state index in [-0.39, 0.29) is 42.3 Å². The maximum atomic E-state index is 13.8. The third-order valence-electron chi connectivity index (χ3n) is 6.33. The average Bonchev–Trinajstić information content (AvgIpc) is 2.86. The Morgan fingerprint density at radius 2 is 2.03 bits per heavy atom. The van der Waals surface area contributed by atoms with Crippen molar-refractivity contribution in [3.63, 3.8) is 0 Å². The molecule has 35 heavy (non-hydrogen) atoms. The van der Waals surface area contributed by atoms with Crippen molar-refractivity contribution in [3.8, 4) is 17.0 Å². The number of nitrogens with zero attached hydrogens (tertiary/aromatic N) is 4. The number of carbonyl (C=O) groups is 1. The molecule has 3 aromatic rings. The normalized spacial score (nSPS) is 19.0. The van der Waals surface area contributed by atoms with E-state index >= 15 is 0 Å². The summed E-state index contributed by atoms with van der Waals surface area (Å²) in [4.78, 5) is 26.3. The standard InChI is InChI=1S/C27H31FN4O3/c1-18-14-32(19(2)17-33)27(34)24-12-21(20-7-6-8-22(28)11-20)13-30-26(24)35-25(18)16-31(3)15-23-9-4-5-10-29-23/h4-13,18-19,25,33H,14-17H2,1-3H3/t18-,19-,25+/m0/s1. The smallest absolute Gasteiger partial charge is 0.259 e. The van der Waals surface area contributed by atoms with Gasteiger partial charge in [-0.25, -0.2) is 9.37 Å². The summed E-state index contributed by atoms with van der Waals surface area (Å²) in [6, 6.07) is 13.3. The van der Waals surface area contributed by atoms with Crippen molar-refractivity contribution in [2.75, 3.05) is 26.7 Å². The first-order valence-electron chi connectivity index (χ1n) is 11.8. The predicted octanol–water partition coefficient (Wildman–Crippen LogP) is 3.63. The Labute approximate surface area is 205 Å². The zero-order valence-corrected chi connectivity index (χ0v) is 20.3. The fraction of sp³-hybridized carbons (Fsp3) is 0.370. The Bertz CT molecular complexity index is 1160. The summed E-state index contributed by atoms with van der Waals surface area (Å²) in [6.45, 7) is 5.37. The van der Waals surface area contributed by atoms with Crippen molar-refractivity contribution in [1.82, 2.24) is 19.8 Å². The van der Waals surface area contributed by atoms with Crippen molar-refractivity contribution in [2.24, 2.45) is 5.92 Å². The molecule has 1 N–H and O–H groups in total. The van der Waals surface area contributed by atoms with Crippen molar-refractivity contribution >= 4 is 5.91 Å². The van der Waals surface area contributed by atoms with E-state index in [4.69, 9.17) is 4.74 Å². The van der Waals surface area contributed by atoms with E-state index in [1.165, 1.54) is 12.1 Å². The molecule has 0 saturated carbocycles. The Hall–Kier alpha value is -3.36. The number of aliphatic hydroxyl groups is 1. The highest BCUT2D eigenvalue weighted by Gasteiger charge is 2.34. The number of benzene rings is 1. The Balaban J connectivity index is 1.66. The third-order valence-corrected chi connectivity index (χ3v) is 6.33. The van der Waals surface area contributed by atoms with Crippen LogP contribution in [0.1, 0.15) is 29.9 Å². The Morgan fingerprint density at radius 3 is 2.74 bits per heavy atom. The van der Waals surface area contributed by atoms with Crippen LogP contribution in [0, 0.1) is 11.7 Å². The molecule has 1 aromatic carbocycles. The summed E-state index contributed by atoms with van der Waals surface area (Å²) in [7, 11) is 2.00. The molecule has 0 bridgehead atoms. The first-order chi connectivity index (χ1) is 16.9. The first kappa shape index (κ1) is 24.8. The zero-order valence-electron chi connectivity index (χ0n) is 20.3. The Morgan fingerprint density at radius 1 is 1.20 bits per heavy atom. The molecule has 4 rings (SSSR count). The zero-order chi connectivity index (χ0) is 24.9. The van der Waals surface area contributed by atoms with Gasteiger partial charge in [-0.3, -0.25) is 14.7 Å². The van der Waals surface area contributed by atoms with E-state index in [1.807, 2.05) is 39.1 Å². The van der Waals surface area contributed by atoms with Gasteiger partial charge in [0.15, 0.2) is 0 Å². The van der Waals surface area contributed by atoms with Gasteiger partial charge in [0.1, 0.15) is 17.5 Å². The SMILES string of the molecule is C[C@H]1CN([C@@H](C)CO)C(=O)c2cc(-c3cccc(F)c3)cnc2O[C@@H]1CN(C)Cc1ccccn1. The molecule has 1 aliphatic rings. The molecule has 0 aliphatic carbocycles. The Kier molecular flexibility index (Phi) is 7.73. The lowest BCUT2D eigenvalue weighted by molar-refractivity contribution is 0.0324. The van der Waals surface area contributed by atoms with Gasteiger partial charge >= 0.3 is 0 Å². The van der Waals surface area contributed by atoms with Crippen molar-refractivity contribution < 1.29 is 19.0 Å². The minimum Gasteiger partial charge on any atom is -0.472 e. The van der Waals surface area contributed by atoms with E-state index in [9.17, 15) is 14.3 Å². The number of fused-ring (bicyclic) bond motifs is 1. The second kappa shape index (κ2) is 10.9. The second-order valence-electron chi connectivity index (χ2n) is 9.23. The maximum Gasteiger partial charge on any atom is 0.259 e. The quantitative estimate of drug-likeness (QED) is 0.559. The molecular formula is C27H31FN4O3. The van der Waals surface area contributed by atoms with Crippen LogP contribution in [0.4, 0.5) is 4.39 Å². The molecule has 0 saturated heterocycles. The van der Waals surface area contributed by atoms with Gasteiger partial charge in [-0.1, -0.05) is 25.1 Å². The fourth-order valence-corrected chi connectivity index (χ4v) is 4.29. The lowest BCUT2D eigenvalue weighted by Crippen LogP contribution is -2.49. The molecule has 0 unspecified atom stereocenters. The number of halogens is 1. The molecule has 0 radical (unpaired) electrons. The van der Waals surface area contributed by atoms with Crippen molar-refractivity contribution in [3.05, 3.63) is 78.0 Å². The number of hydrogen-bond acceptors (Lipinski definition) is 6. The van der Waals surface area contributed by atoms with Gasteiger partial charge in [-0.2, -0.15) is 0 Å². The van der Waals surface area contributed by atoms with Gasteiger partial charge in [0.25, 0.3) is 5.91 Å². The number of amides is 1. The molecular weight excluding hydrogens is 447 g/mol. The number of aliphatic hydroxyl groups excluding tert-OH is 1. The molecule has 0 fully saturated rings. The summed E-state index contributed by atoms with van der Waals surface area (Å²) in [5.74, 6) is -0.401. The number of pyridine rings is 2. The van der Waals surface area contributed by atoms with Crippen LogP contribution in [0.25, 0.3) is 11.1 Å². The van der Waals surface area contributed by atoms with Gasteiger partial charge in [0, 0.05) is 43.5 Å². The highest BCUT2D eigenvalue weighted by Crippen LogP contribution is 2.30. The van der Waals surface area contributed by atoms with E-state index in [2.05, 4.69) is 14.9 Å². The van der Waals surface area contributed by atoms with Crippen molar-refractivity contribution in [2.45, 2.75) is 32.5 Å². The number of ether oxygens (including phenoxy) is 1. The van der Waals surface area contributed by atoms with Crippen LogP contribution >= 0.6 is 0 Å². The number of likely N-dealkylation sites (N-methyl/N-ethyl adjacent to an activating group) is 1. The molecule has 3 heterocycles. The lowest BCUT2D eigenvalue weighted by Gasteiger charge is -2.37. The maximum absolute atomic E-state index is 13.8. The van der Waals surface area contributed by atoms with Crippen LogP contribution in [-0.2, 0) is 6.54 Å². The molecule has 3 atom stereocenters. The molecule has 1 amide bonds. The van der Waals surface area contributed by atoms with E-state index in [0.29, 0.717) is 36.3 Å². The minimum atomic E-state index is -0.374. The minimum absolute atomic E-state index is 0.0167. The third kappa shape index (κ3) is 5.83. The number of hydrogen-bond donors (Lipinski definition) is 1. The summed E-state index contributed by atoms with van der Waals surface area (Å²) < 4.78 is 20.2. The van der Waals surface area contributed by atoms with E-state index in [0.717, 1.165) is 5.69 Å². The largest absolute Gasteiger partial charge is 0.472 e. The number of rotatable bonds is 7. The lowest BCUT2D eigenvalue weighted by atomic mass is 9.99. The summed E-state index contributed by atoms with van der Waals surface area (Å²) in [5, 5.41) is 9.84. The number of aromatic nitrogens is 2. The molecule has 8 heteroatoms. The summed E-state index contributed by atoms with van der Waals surface area (Å²) in [6.07, 6.45) is 3.12. The van der Waals surface area contributed by atoms with Gasteiger partial charge in [-0.15, -0.1) is 0 Å². The molecule has 1 aliphatic heterocycles. The van der Waals surface area contributed by atoms with Crippen LogP contribution in [0.5, 0.6) is 5.88 Å². The number of carbonyl (C=O) groups excluding carboxylic acids is 1. The fourth-order valence-electron chi connectivity index (χ4n) is 4.29. The monoisotopic (exact) mass is 478 g/mol. The van der Waals surface area contributed by atoms with Crippen molar-refractivity contribution in [1.29, 1.82) is 0 Å². The first-order valence-corrected chi connectivity index (χ1v) is 11.8. The van der Waals surface area contributed by atoms with Crippen LogP contribution < -0.4 is 4.74 Å². The summed E-state index contributed by atoms with van der Waals surface area (Å²) in [5.41, 5.74) is 2.50. The van der Waals surface area contributed by atoms with Gasteiger partial charge in [-0.05, 0) is 49.9 Å². The van der Waals surface area contributed by atoms with Crippen LogP contribution in [-0.4, -0.2) is 69.7 Å². The highest BCUT2D eigenvalue weighted by molar-refractivity contribution is 5.98. The van der Waals surface area contributed by atoms with Crippen LogP contribution in [0.2, 0.25) is 0 Å². The highest BCUT2D eigenvalue weighted by atomic mass is 19.1.